The van der Waals surface area contributed by atoms with Crippen LogP contribution < -0.4 is 10.6 Å². The highest BCUT2D eigenvalue weighted by Gasteiger charge is 2.33. The van der Waals surface area contributed by atoms with Gasteiger partial charge in [0.2, 0.25) is 0 Å². The zero-order valence-corrected chi connectivity index (χ0v) is 12.4. The molecule has 0 saturated carbocycles. The van der Waals surface area contributed by atoms with Crippen LogP contribution in [0.4, 0.5) is 36.2 Å². The van der Waals surface area contributed by atoms with Crippen molar-refractivity contribution in [2.45, 2.75) is 6.18 Å². The molecule has 1 aromatic heterocycles. The fourth-order valence-corrected chi connectivity index (χ4v) is 2.14. The van der Waals surface area contributed by atoms with E-state index in [1.54, 1.807) is 6.07 Å². The van der Waals surface area contributed by atoms with E-state index in [-0.39, 0.29) is 11.5 Å². The summed E-state index contributed by atoms with van der Waals surface area (Å²) in [6.45, 7) is 0. The highest BCUT2D eigenvalue weighted by molar-refractivity contribution is 5.65. The zero-order valence-electron chi connectivity index (χ0n) is 12.4. The number of anilines is 4. The quantitative estimate of drug-likeness (QED) is 0.708. The summed E-state index contributed by atoms with van der Waals surface area (Å²) < 4.78 is 39.1. The Morgan fingerprint density at radius 1 is 0.750 bits per heavy atom. The van der Waals surface area contributed by atoms with E-state index in [2.05, 4.69) is 20.6 Å². The molecule has 0 amide bonds. The average Bonchev–Trinajstić information content (AvgIpc) is 2.56. The van der Waals surface area contributed by atoms with Gasteiger partial charge in [-0.2, -0.15) is 13.2 Å². The van der Waals surface area contributed by atoms with Crippen molar-refractivity contribution in [2.24, 2.45) is 0 Å². The summed E-state index contributed by atoms with van der Waals surface area (Å²) in [5, 5.41) is 5.76. The van der Waals surface area contributed by atoms with Crippen LogP contribution in [0, 0.1) is 0 Å². The molecule has 0 aliphatic rings. The number of nitrogens with one attached hydrogen (secondary N) is 2. The number of nitrogens with zero attached hydrogens (tertiary/aromatic N) is 2. The molecule has 0 radical (unpaired) electrons. The molecule has 0 bridgehead atoms. The first-order valence-corrected chi connectivity index (χ1v) is 7.10. The molecule has 1 heterocycles. The highest BCUT2D eigenvalue weighted by atomic mass is 19.4. The number of halogens is 3. The second kappa shape index (κ2) is 6.57. The van der Waals surface area contributed by atoms with Crippen LogP contribution in [0.3, 0.4) is 0 Å². The summed E-state index contributed by atoms with van der Waals surface area (Å²) in [5.74, 6) is 0.739. The molecular weight excluding hydrogens is 317 g/mol. The third-order valence-corrected chi connectivity index (χ3v) is 3.21. The summed E-state index contributed by atoms with van der Waals surface area (Å²) in [7, 11) is 0. The topological polar surface area (TPSA) is 49.8 Å². The molecule has 7 heteroatoms. The Morgan fingerprint density at radius 3 is 2.08 bits per heavy atom. The maximum Gasteiger partial charge on any atom is 0.418 e. The summed E-state index contributed by atoms with van der Waals surface area (Å²) in [5.41, 5.74) is 0.00776. The SMILES string of the molecule is FC(F)(F)c1ccccc1Nc1cc(Nc2ccccc2)ncn1. The van der Waals surface area contributed by atoms with Gasteiger partial charge >= 0.3 is 6.18 Å². The normalized spacial score (nSPS) is 11.1. The lowest BCUT2D eigenvalue weighted by molar-refractivity contribution is -0.136. The van der Waals surface area contributed by atoms with Crippen LogP contribution in [-0.4, -0.2) is 9.97 Å². The fourth-order valence-electron chi connectivity index (χ4n) is 2.14. The third-order valence-electron chi connectivity index (χ3n) is 3.21. The Bertz CT molecular complexity index is 819. The van der Waals surface area contributed by atoms with Gasteiger partial charge in [0.25, 0.3) is 0 Å². The van der Waals surface area contributed by atoms with Gasteiger partial charge in [0, 0.05) is 11.8 Å². The van der Waals surface area contributed by atoms with Crippen LogP contribution in [0.25, 0.3) is 0 Å². The summed E-state index contributed by atoms with van der Waals surface area (Å²) >= 11 is 0. The van der Waals surface area contributed by atoms with Crippen molar-refractivity contribution in [2.75, 3.05) is 10.6 Å². The average molecular weight is 330 g/mol. The molecule has 0 unspecified atom stereocenters. The molecule has 2 N–H and O–H groups in total. The lowest BCUT2D eigenvalue weighted by Crippen LogP contribution is -2.09. The molecule has 0 fully saturated rings. The van der Waals surface area contributed by atoms with Crippen LogP contribution >= 0.6 is 0 Å². The highest BCUT2D eigenvalue weighted by Crippen LogP contribution is 2.35. The van der Waals surface area contributed by atoms with Gasteiger partial charge in [0.15, 0.2) is 0 Å². The maximum atomic E-state index is 13.0. The van der Waals surface area contributed by atoms with Crippen molar-refractivity contribution >= 4 is 23.0 Å². The van der Waals surface area contributed by atoms with Gasteiger partial charge in [-0.1, -0.05) is 30.3 Å². The molecule has 0 atom stereocenters. The van der Waals surface area contributed by atoms with Gasteiger partial charge in [-0.25, -0.2) is 9.97 Å². The van der Waals surface area contributed by atoms with Crippen molar-refractivity contribution in [3.05, 3.63) is 72.6 Å². The lowest BCUT2D eigenvalue weighted by atomic mass is 10.1. The summed E-state index contributed by atoms with van der Waals surface area (Å²) in [6.07, 6.45) is -3.16. The van der Waals surface area contributed by atoms with Crippen LogP contribution in [-0.2, 0) is 6.18 Å². The Balaban J connectivity index is 1.83. The van der Waals surface area contributed by atoms with Crippen molar-refractivity contribution in [3.63, 3.8) is 0 Å². The number of rotatable bonds is 4. The molecule has 2 aromatic carbocycles. The van der Waals surface area contributed by atoms with Crippen molar-refractivity contribution in [3.8, 4) is 0 Å². The zero-order chi connectivity index (χ0) is 17.0. The number of hydrogen-bond acceptors (Lipinski definition) is 4. The second-order valence-electron chi connectivity index (χ2n) is 4.95. The number of aromatic nitrogens is 2. The van der Waals surface area contributed by atoms with E-state index in [9.17, 15) is 13.2 Å². The van der Waals surface area contributed by atoms with E-state index in [4.69, 9.17) is 0 Å². The van der Waals surface area contributed by atoms with Crippen molar-refractivity contribution in [1.29, 1.82) is 0 Å². The number of alkyl halides is 3. The first kappa shape index (κ1) is 15.8. The molecule has 122 valence electrons. The predicted octanol–water partition coefficient (Wildman–Crippen LogP) is 4.98. The molecule has 0 spiro atoms. The minimum atomic E-state index is -4.44. The minimum absolute atomic E-state index is 0.0608. The van der Waals surface area contributed by atoms with Crippen LogP contribution in [0.1, 0.15) is 5.56 Å². The summed E-state index contributed by atoms with van der Waals surface area (Å²) in [4.78, 5) is 8.03. The monoisotopic (exact) mass is 330 g/mol. The van der Waals surface area contributed by atoms with Crippen molar-refractivity contribution in [1.82, 2.24) is 9.97 Å². The van der Waals surface area contributed by atoms with E-state index in [1.165, 1.54) is 24.5 Å². The maximum absolute atomic E-state index is 13.0. The largest absolute Gasteiger partial charge is 0.418 e. The lowest BCUT2D eigenvalue weighted by Gasteiger charge is -2.14. The first-order chi connectivity index (χ1) is 11.5. The fraction of sp³-hybridized carbons (Fsp3) is 0.0588. The molecule has 0 aliphatic carbocycles. The molecule has 4 nitrogen and oxygen atoms in total. The van der Waals surface area contributed by atoms with E-state index >= 15 is 0 Å². The van der Waals surface area contributed by atoms with Gasteiger partial charge in [0.05, 0.1) is 11.3 Å². The molecule has 24 heavy (non-hydrogen) atoms. The third kappa shape index (κ3) is 3.81. The van der Waals surface area contributed by atoms with Gasteiger partial charge in [-0.05, 0) is 24.3 Å². The Kier molecular flexibility index (Phi) is 4.33. The standard InChI is InChI=1S/C17H13F3N4/c18-17(19,20)13-8-4-5-9-14(13)24-16-10-15(21-11-22-16)23-12-6-2-1-3-7-12/h1-11H,(H2,21,22,23,24). The van der Waals surface area contributed by atoms with Gasteiger partial charge in [-0.3, -0.25) is 0 Å². The van der Waals surface area contributed by atoms with E-state index in [0.717, 1.165) is 11.8 Å². The Labute approximate surface area is 136 Å². The number of benzene rings is 2. The smallest absolute Gasteiger partial charge is 0.340 e. The summed E-state index contributed by atoms with van der Waals surface area (Å²) in [6, 6.07) is 16.1. The van der Waals surface area contributed by atoms with E-state index < -0.39 is 11.7 Å². The predicted molar refractivity (Wildman–Crippen MR) is 86.5 cm³/mol. The van der Waals surface area contributed by atoms with Gasteiger partial charge < -0.3 is 10.6 Å². The Morgan fingerprint density at radius 2 is 1.38 bits per heavy atom. The molecule has 3 aromatic rings. The van der Waals surface area contributed by atoms with Crippen LogP contribution in [0.15, 0.2) is 67.0 Å². The van der Waals surface area contributed by atoms with Crippen LogP contribution in [0.5, 0.6) is 0 Å². The Hall–Kier alpha value is -3.09. The number of para-hydroxylation sites is 2. The molecule has 0 aliphatic heterocycles. The first-order valence-electron chi connectivity index (χ1n) is 7.10. The van der Waals surface area contributed by atoms with Gasteiger partial charge in [-0.15, -0.1) is 0 Å². The van der Waals surface area contributed by atoms with Crippen molar-refractivity contribution < 1.29 is 13.2 Å². The molecule has 3 rings (SSSR count). The second-order valence-corrected chi connectivity index (χ2v) is 4.95. The van der Waals surface area contributed by atoms with E-state index in [1.807, 2.05) is 30.3 Å². The van der Waals surface area contributed by atoms with Crippen LogP contribution in [0.2, 0.25) is 0 Å². The molecule has 0 saturated heterocycles. The molecular formula is C17H13F3N4. The van der Waals surface area contributed by atoms with E-state index in [0.29, 0.717) is 5.82 Å². The minimum Gasteiger partial charge on any atom is -0.340 e. The van der Waals surface area contributed by atoms with Gasteiger partial charge in [0.1, 0.15) is 18.0 Å². The number of hydrogen-bond donors (Lipinski definition) is 2.